The molecule has 2 N–H and O–H groups in total. The lowest BCUT2D eigenvalue weighted by atomic mass is 10.0. The summed E-state index contributed by atoms with van der Waals surface area (Å²) in [6, 6.07) is 9.24. The van der Waals surface area contributed by atoms with E-state index in [1.54, 1.807) is 36.2 Å². The highest BCUT2D eigenvalue weighted by Crippen LogP contribution is 2.32. The fourth-order valence-corrected chi connectivity index (χ4v) is 4.33. The molecule has 1 fully saturated rings. The summed E-state index contributed by atoms with van der Waals surface area (Å²) in [4.78, 5) is 31.1. The van der Waals surface area contributed by atoms with E-state index in [0.717, 1.165) is 0 Å². The van der Waals surface area contributed by atoms with Gasteiger partial charge in [0.05, 0.1) is 22.5 Å². The fourth-order valence-electron chi connectivity index (χ4n) is 4.11. The fraction of sp³-hybridized carbons (Fsp3) is 0.348. The topological polar surface area (TPSA) is 87.5 Å². The van der Waals surface area contributed by atoms with Crippen molar-refractivity contribution in [2.24, 2.45) is 7.05 Å². The second kappa shape index (κ2) is 8.62. The number of carboxylic acid groups (broad SMARTS) is 1. The Morgan fingerprint density at radius 2 is 1.91 bits per heavy atom. The summed E-state index contributed by atoms with van der Waals surface area (Å²) in [7, 11) is 1.56. The van der Waals surface area contributed by atoms with Crippen LogP contribution < -0.4 is 15.8 Å². The number of carboxylic acids is 1. The van der Waals surface area contributed by atoms with Crippen molar-refractivity contribution in [1.82, 2.24) is 9.55 Å². The molecule has 7 nitrogen and oxygen atoms in total. The molecule has 1 atom stereocenters. The van der Waals surface area contributed by atoms with E-state index >= 15 is 0 Å². The Hall–Kier alpha value is -3.20. The van der Waals surface area contributed by atoms with E-state index in [1.165, 1.54) is 16.7 Å². The minimum absolute atomic E-state index is 0.0848. The largest absolute Gasteiger partial charge is 0.478 e. The Kier molecular flexibility index (Phi) is 6.00. The van der Waals surface area contributed by atoms with Crippen LogP contribution in [-0.2, 0) is 7.05 Å². The summed E-state index contributed by atoms with van der Waals surface area (Å²) in [6.45, 7) is 1.98. The molecule has 3 aromatic rings. The van der Waals surface area contributed by atoms with Crippen LogP contribution >= 0.6 is 11.6 Å². The minimum Gasteiger partial charge on any atom is -0.478 e. The number of hydrogen-bond donors (Lipinski definition) is 2. The molecule has 1 aliphatic heterocycles. The van der Waals surface area contributed by atoms with Crippen molar-refractivity contribution < 1.29 is 18.7 Å². The maximum atomic E-state index is 13.7. The van der Waals surface area contributed by atoms with Crippen molar-refractivity contribution in [3.8, 4) is 0 Å². The molecular formula is C23H23ClF2N4O3. The molecule has 0 spiro atoms. The van der Waals surface area contributed by atoms with Crippen molar-refractivity contribution in [3.05, 3.63) is 62.9 Å². The number of para-hydroxylation sites is 1. The highest BCUT2D eigenvalue weighted by atomic mass is 35.5. The third kappa shape index (κ3) is 4.50. The highest BCUT2D eigenvalue weighted by molar-refractivity contribution is 6.31. The smallest absolute Gasteiger partial charge is 0.337 e. The monoisotopic (exact) mass is 476 g/mol. The van der Waals surface area contributed by atoms with Gasteiger partial charge in [-0.15, -0.1) is 0 Å². The summed E-state index contributed by atoms with van der Waals surface area (Å²) in [6.07, 6.45) is -0.614. The summed E-state index contributed by atoms with van der Waals surface area (Å²) in [5, 5.41) is 13.3. The van der Waals surface area contributed by atoms with E-state index < -0.39 is 17.9 Å². The summed E-state index contributed by atoms with van der Waals surface area (Å²) in [5.41, 5.74) is 1.17. The van der Waals surface area contributed by atoms with Gasteiger partial charge in [0, 0.05) is 49.3 Å². The van der Waals surface area contributed by atoms with Crippen LogP contribution in [0.1, 0.15) is 41.7 Å². The van der Waals surface area contributed by atoms with Gasteiger partial charge in [-0.05, 0) is 31.2 Å². The molecule has 174 valence electrons. The van der Waals surface area contributed by atoms with Crippen LogP contribution in [0, 0.1) is 0 Å². The van der Waals surface area contributed by atoms with Crippen molar-refractivity contribution in [3.63, 3.8) is 0 Å². The summed E-state index contributed by atoms with van der Waals surface area (Å²) < 4.78 is 28.7. The second-order valence-electron chi connectivity index (χ2n) is 8.23. The van der Waals surface area contributed by atoms with Gasteiger partial charge in [-0.25, -0.2) is 18.6 Å². The van der Waals surface area contributed by atoms with Gasteiger partial charge < -0.3 is 15.3 Å². The van der Waals surface area contributed by atoms with E-state index in [4.69, 9.17) is 16.6 Å². The normalized spacial score (nSPS) is 16.6. The zero-order valence-corrected chi connectivity index (χ0v) is 18.9. The SMILES string of the molecule is C[C@@H](Nc1ccccc1C(=O)O)c1cc(Cl)cc2c(=O)n(C)c(N3CCC(F)(F)CC3)nc12. The molecule has 0 bridgehead atoms. The number of aromatic carboxylic acids is 1. The molecule has 33 heavy (non-hydrogen) atoms. The zero-order valence-electron chi connectivity index (χ0n) is 18.1. The maximum Gasteiger partial charge on any atom is 0.337 e. The first-order valence-electron chi connectivity index (χ1n) is 10.5. The first-order valence-corrected chi connectivity index (χ1v) is 10.9. The van der Waals surface area contributed by atoms with Gasteiger partial charge in [0.1, 0.15) is 0 Å². The number of anilines is 2. The standard InChI is InChI=1S/C23H23ClF2N4O3/c1-13(27-18-6-4-3-5-15(18)21(32)33)16-11-14(24)12-17-19(16)28-22(29(2)20(17)31)30-9-7-23(25,26)8-10-30/h3-6,11-13,27H,7-10H2,1-2H3,(H,32,33)/t13-/m1/s1. The van der Waals surface area contributed by atoms with Crippen LogP contribution in [0.5, 0.6) is 0 Å². The molecule has 0 saturated carbocycles. The lowest BCUT2D eigenvalue weighted by Gasteiger charge is -2.33. The number of benzene rings is 2. The predicted octanol–water partition coefficient (Wildman–Crippen LogP) is 4.69. The number of alkyl halides is 2. The number of piperidine rings is 1. The summed E-state index contributed by atoms with van der Waals surface area (Å²) in [5.74, 6) is -3.48. The van der Waals surface area contributed by atoms with Crippen molar-refractivity contribution in [1.29, 1.82) is 0 Å². The molecule has 0 unspecified atom stereocenters. The Morgan fingerprint density at radius 1 is 1.24 bits per heavy atom. The number of nitrogens with zero attached hydrogens (tertiary/aromatic N) is 3. The quantitative estimate of drug-likeness (QED) is 0.555. The Balaban J connectivity index is 1.80. The number of halogens is 3. The Morgan fingerprint density at radius 3 is 2.58 bits per heavy atom. The molecule has 0 amide bonds. The van der Waals surface area contributed by atoms with E-state index in [-0.39, 0.29) is 37.1 Å². The maximum absolute atomic E-state index is 13.7. The molecule has 2 heterocycles. The number of fused-ring (bicyclic) bond motifs is 1. The van der Waals surface area contributed by atoms with E-state index in [0.29, 0.717) is 33.1 Å². The highest BCUT2D eigenvalue weighted by Gasteiger charge is 2.35. The lowest BCUT2D eigenvalue weighted by molar-refractivity contribution is -0.0223. The predicted molar refractivity (Wildman–Crippen MR) is 124 cm³/mol. The first kappa shape index (κ1) is 23.0. The van der Waals surface area contributed by atoms with Gasteiger partial charge in [0.2, 0.25) is 5.95 Å². The van der Waals surface area contributed by atoms with Gasteiger partial charge in [-0.3, -0.25) is 9.36 Å². The molecule has 4 rings (SSSR count). The first-order chi connectivity index (χ1) is 15.6. The molecule has 2 aromatic carbocycles. The third-order valence-electron chi connectivity index (χ3n) is 5.92. The second-order valence-corrected chi connectivity index (χ2v) is 8.66. The van der Waals surface area contributed by atoms with Gasteiger partial charge in [-0.2, -0.15) is 0 Å². The van der Waals surface area contributed by atoms with Crippen LogP contribution in [0.15, 0.2) is 41.2 Å². The Bertz CT molecular complexity index is 1280. The van der Waals surface area contributed by atoms with Gasteiger partial charge in [0.25, 0.3) is 11.5 Å². The minimum atomic E-state index is -2.72. The molecule has 0 aliphatic carbocycles. The molecule has 0 radical (unpaired) electrons. The number of aromatic nitrogens is 2. The van der Waals surface area contributed by atoms with Crippen molar-refractivity contribution >= 4 is 40.1 Å². The average molecular weight is 477 g/mol. The van der Waals surface area contributed by atoms with Crippen LogP contribution in [0.25, 0.3) is 10.9 Å². The number of nitrogens with one attached hydrogen (secondary N) is 1. The number of hydrogen-bond acceptors (Lipinski definition) is 5. The van der Waals surface area contributed by atoms with Crippen LogP contribution in [0.2, 0.25) is 5.02 Å². The molecule has 1 aromatic heterocycles. The van der Waals surface area contributed by atoms with E-state index in [2.05, 4.69) is 5.32 Å². The van der Waals surface area contributed by atoms with Crippen molar-refractivity contribution in [2.75, 3.05) is 23.3 Å². The van der Waals surface area contributed by atoms with Crippen LogP contribution in [-0.4, -0.2) is 39.6 Å². The number of carbonyl (C=O) groups is 1. The average Bonchev–Trinajstić information content (AvgIpc) is 2.76. The van der Waals surface area contributed by atoms with E-state index in [9.17, 15) is 23.5 Å². The van der Waals surface area contributed by atoms with Gasteiger partial charge >= 0.3 is 5.97 Å². The van der Waals surface area contributed by atoms with Crippen LogP contribution in [0.3, 0.4) is 0 Å². The zero-order chi connectivity index (χ0) is 23.9. The lowest BCUT2D eigenvalue weighted by Crippen LogP contribution is -2.42. The molecule has 10 heteroatoms. The molecule has 1 aliphatic rings. The number of rotatable bonds is 5. The summed E-state index contributed by atoms with van der Waals surface area (Å²) >= 11 is 6.31. The Labute approximate surface area is 193 Å². The van der Waals surface area contributed by atoms with Crippen LogP contribution in [0.4, 0.5) is 20.4 Å². The van der Waals surface area contributed by atoms with Gasteiger partial charge in [0.15, 0.2) is 0 Å². The molecular weight excluding hydrogens is 454 g/mol. The van der Waals surface area contributed by atoms with E-state index in [1.807, 2.05) is 6.92 Å². The van der Waals surface area contributed by atoms with Crippen molar-refractivity contribution in [2.45, 2.75) is 31.7 Å². The van der Waals surface area contributed by atoms with Gasteiger partial charge in [-0.1, -0.05) is 23.7 Å². The molecule has 1 saturated heterocycles. The third-order valence-corrected chi connectivity index (χ3v) is 6.14.